The van der Waals surface area contributed by atoms with Gasteiger partial charge in [0.1, 0.15) is 0 Å². The van der Waals surface area contributed by atoms with Gasteiger partial charge in [0.2, 0.25) is 0 Å². The van der Waals surface area contributed by atoms with E-state index in [1.54, 1.807) is 11.3 Å². The normalized spacial score (nSPS) is 12.5. The van der Waals surface area contributed by atoms with E-state index in [9.17, 15) is 4.79 Å². The molecule has 1 N–H and O–H groups in total. The van der Waals surface area contributed by atoms with Gasteiger partial charge in [-0.05, 0) is 43.0 Å². The second-order valence-corrected chi connectivity index (χ2v) is 5.38. The Bertz CT molecular complexity index is 553. The third-order valence-electron chi connectivity index (χ3n) is 3.06. The van der Waals surface area contributed by atoms with E-state index in [1.807, 2.05) is 12.3 Å². The summed E-state index contributed by atoms with van der Waals surface area (Å²) in [7, 11) is 1.42. The lowest BCUT2D eigenvalue weighted by Gasteiger charge is -2.13. The molecule has 102 valence electrons. The maximum atomic E-state index is 11.0. The molecule has 5 heteroatoms. The zero-order chi connectivity index (χ0) is 13.7. The summed E-state index contributed by atoms with van der Waals surface area (Å²) in [6.45, 7) is 2.90. The molecule has 4 nitrogen and oxygen atoms in total. The van der Waals surface area contributed by atoms with Crippen molar-refractivity contribution in [3.8, 4) is 0 Å². The number of nitrogens with zero attached hydrogens (tertiary/aromatic N) is 1. The Kier molecular flexibility index (Phi) is 4.87. The van der Waals surface area contributed by atoms with Crippen LogP contribution in [0.3, 0.4) is 0 Å². The third-order valence-corrected chi connectivity index (χ3v) is 3.91. The van der Waals surface area contributed by atoms with Gasteiger partial charge in [0.15, 0.2) is 0 Å². The van der Waals surface area contributed by atoms with Crippen LogP contribution in [-0.4, -0.2) is 24.6 Å². The standard InChI is InChI=1S/C14H18N2O2S/c1-10(15-6-3-4-14(17)18-2)11-8-13-12(16-9-11)5-7-19-13/h5,7-10,15H,3-4,6H2,1-2H3. The maximum Gasteiger partial charge on any atom is 0.305 e. The number of pyridine rings is 1. The van der Waals surface area contributed by atoms with Crippen LogP contribution < -0.4 is 5.32 Å². The molecule has 0 aliphatic rings. The largest absolute Gasteiger partial charge is 0.469 e. The van der Waals surface area contributed by atoms with Crippen LogP contribution in [0.2, 0.25) is 0 Å². The molecular formula is C14H18N2O2S. The average molecular weight is 278 g/mol. The van der Waals surface area contributed by atoms with Gasteiger partial charge in [0.05, 0.1) is 17.3 Å². The van der Waals surface area contributed by atoms with Gasteiger partial charge in [0.25, 0.3) is 0 Å². The fourth-order valence-electron chi connectivity index (χ4n) is 1.87. The molecule has 2 heterocycles. The van der Waals surface area contributed by atoms with Gasteiger partial charge >= 0.3 is 5.97 Å². The van der Waals surface area contributed by atoms with Gasteiger partial charge in [-0.3, -0.25) is 9.78 Å². The first-order valence-corrected chi connectivity index (χ1v) is 7.22. The van der Waals surface area contributed by atoms with Crippen molar-refractivity contribution in [2.24, 2.45) is 0 Å². The summed E-state index contributed by atoms with van der Waals surface area (Å²) in [6.07, 6.45) is 3.15. The smallest absolute Gasteiger partial charge is 0.305 e. The van der Waals surface area contributed by atoms with Crippen molar-refractivity contribution in [1.82, 2.24) is 10.3 Å². The van der Waals surface area contributed by atoms with Crippen molar-refractivity contribution in [3.05, 3.63) is 29.3 Å². The first kappa shape index (κ1) is 14.0. The Morgan fingerprint density at radius 1 is 1.58 bits per heavy atom. The Morgan fingerprint density at radius 2 is 2.42 bits per heavy atom. The molecule has 0 aliphatic heterocycles. The SMILES string of the molecule is COC(=O)CCCNC(C)c1cnc2ccsc2c1. The van der Waals surface area contributed by atoms with Crippen LogP contribution >= 0.6 is 11.3 Å². The third kappa shape index (κ3) is 3.75. The lowest BCUT2D eigenvalue weighted by atomic mass is 10.1. The summed E-state index contributed by atoms with van der Waals surface area (Å²) < 4.78 is 5.81. The van der Waals surface area contributed by atoms with Gasteiger partial charge in [-0.2, -0.15) is 0 Å². The molecule has 0 spiro atoms. The minimum absolute atomic E-state index is 0.156. The summed E-state index contributed by atoms with van der Waals surface area (Å²) in [5.41, 5.74) is 2.22. The summed E-state index contributed by atoms with van der Waals surface area (Å²) in [5, 5.41) is 5.44. The van der Waals surface area contributed by atoms with E-state index in [0.717, 1.165) is 18.5 Å². The van der Waals surface area contributed by atoms with E-state index in [1.165, 1.54) is 17.4 Å². The van der Waals surface area contributed by atoms with Crippen molar-refractivity contribution < 1.29 is 9.53 Å². The Balaban J connectivity index is 1.85. The second-order valence-electron chi connectivity index (χ2n) is 4.43. The minimum Gasteiger partial charge on any atom is -0.469 e. The molecule has 0 saturated heterocycles. The molecule has 0 amide bonds. The van der Waals surface area contributed by atoms with E-state index in [4.69, 9.17) is 0 Å². The van der Waals surface area contributed by atoms with Crippen molar-refractivity contribution in [3.63, 3.8) is 0 Å². The summed E-state index contributed by atoms with van der Waals surface area (Å²) >= 11 is 1.70. The molecule has 0 fully saturated rings. The Hall–Kier alpha value is -1.46. The fourth-order valence-corrected chi connectivity index (χ4v) is 2.66. The number of ether oxygens (including phenoxy) is 1. The molecule has 0 radical (unpaired) electrons. The lowest BCUT2D eigenvalue weighted by molar-refractivity contribution is -0.140. The molecule has 0 bridgehead atoms. The van der Waals surface area contributed by atoms with Crippen molar-refractivity contribution in [1.29, 1.82) is 0 Å². The summed E-state index contributed by atoms with van der Waals surface area (Å²) in [6, 6.07) is 4.43. The quantitative estimate of drug-likeness (QED) is 0.652. The summed E-state index contributed by atoms with van der Waals surface area (Å²) in [5.74, 6) is -0.156. The predicted octanol–water partition coefficient (Wildman–Crippen LogP) is 2.90. The van der Waals surface area contributed by atoms with Crippen LogP contribution in [-0.2, 0) is 9.53 Å². The van der Waals surface area contributed by atoms with Gasteiger partial charge in [-0.15, -0.1) is 11.3 Å². The van der Waals surface area contributed by atoms with Crippen molar-refractivity contribution in [2.45, 2.75) is 25.8 Å². The number of methoxy groups -OCH3 is 1. The number of carbonyl (C=O) groups excluding carboxylic acids is 1. The molecule has 0 aliphatic carbocycles. The number of thiophene rings is 1. The number of fused-ring (bicyclic) bond motifs is 1. The van der Waals surface area contributed by atoms with Crippen LogP contribution in [0.15, 0.2) is 23.7 Å². The van der Waals surface area contributed by atoms with Gasteiger partial charge in [0, 0.05) is 18.7 Å². The molecule has 2 aromatic heterocycles. The molecule has 0 saturated carbocycles. The van der Waals surface area contributed by atoms with Gasteiger partial charge < -0.3 is 10.1 Å². The number of aromatic nitrogens is 1. The van der Waals surface area contributed by atoms with Crippen LogP contribution in [0.4, 0.5) is 0 Å². The molecule has 19 heavy (non-hydrogen) atoms. The molecule has 2 rings (SSSR count). The highest BCUT2D eigenvalue weighted by atomic mass is 32.1. The number of hydrogen-bond acceptors (Lipinski definition) is 5. The van der Waals surface area contributed by atoms with E-state index in [0.29, 0.717) is 6.42 Å². The van der Waals surface area contributed by atoms with Crippen LogP contribution in [0, 0.1) is 0 Å². The van der Waals surface area contributed by atoms with Crippen molar-refractivity contribution >= 4 is 27.5 Å². The zero-order valence-corrected chi connectivity index (χ0v) is 12.0. The van der Waals surface area contributed by atoms with Crippen LogP contribution in [0.25, 0.3) is 10.2 Å². The van der Waals surface area contributed by atoms with Gasteiger partial charge in [-0.25, -0.2) is 0 Å². The van der Waals surface area contributed by atoms with Crippen molar-refractivity contribution in [2.75, 3.05) is 13.7 Å². The highest BCUT2D eigenvalue weighted by Crippen LogP contribution is 2.22. The molecule has 2 aromatic rings. The van der Waals surface area contributed by atoms with E-state index >= 15 is 0 Å². The first-order chi connectivity index (χ1) is 9.20. The second kappa shape index (κ2) is 6.63. The monoisotopic (exact) mass is 278 g/mol. The fraction of sp³-hybridized carbons (Fsp3) is 0.429. The average Bonchev–Trinajstić information content (AvgIpc) is 2.90. The Labute approximate surface area is 116 Å². The van der Waals surface area contributed by atoms with E-state index in [2.05, 4.69) is 33.4 Å². The topological polar surface area (TPSA) is 51.2 Å². The van der Waals surface area contributed by atoms with E-state index < -0.39 is 0 Å². The number of carbonyl (C=O) groups is 1. The number of nitrogens with one attached hydrogen (secondary N) is 1. The van der Waals surface area contributed by atoms with Crippen LogP contribution in [0.5, 0.6) is 0 Å². The molecule has 1 unspecified atom stereocenters. The Morgan fingerprint density at radius 3 is 3.21 bits per heavy atom. The summed E-state index contributed by atoms with van der Waals surface area (Å²) in [4.78, 5) is 15.4. The first-order valence-electron chi connectivity index (χ1n) is 6.34. The van der Waals surface area contributed by atoms with Crippen LogP contribution in [0.1, 0.15) is 31.4 Å². The van der Waals surface area contributed by atoms with E-state index in [-0.39, 0.29) is 12.0 Å². The molecule has 0 aromatic carbocycles. The zero-order valence-electron chi connectivity index (χ0n) is 11.2. The molecule has 1 atom stereocenters. The predicted molar refractivity (Wildman–Crippen MR) is 77.3 cm³/mol. The number of hydrogen-bond donors (Lipinski definition) is 1. The van der Waals surface area contributed by atoms with Gasteiger partial charge in [-0.1, -0.05) is 0 Å². The highest BCUT2D eigenvalue weighted by molar-refractivity contribution is 7.17. The molecular weight excluding hydrogens is 260 g/mol. The number of rotatable bonds is 6. The number of esters is 1. The minimum atomic E-state index is -0.156. The maximum absolute atomic E-state index is 11.0. The lowest BCUT2D eigenvalue weighted by Crippen LogP contribution is -2.20. The highest BCUT2D eigenvalue weighted by Gasteiger charge is 2.07.